The van der Waals surface area contributed by atoms with Gasteiger partial charge in [-0.3, -0.25) is 4.79 Å². The quantitative estimate of drug-likeness (QED) is 0.342. The van der Waals surface area contributed by atoms with Gasteiger partial charge in [-0.25, -0.2) is 4.98 Å². The molecule has 1 saturated heterocycles. The Kier molecular flexibility index (Phi) is 7.47. The molecule has 0 bridgehead atoms. The van der Waals surface area contributed by atoms with Gasteiger partial charge in [0.1, 0.15) is 16.4 Å². The largest absolute Gasteiger partial charge is 0.403 e. The zero-order valence-corrected chi connectivity index (χ0v) is 22.5. The van der Waals surface area contributed by atoms with E-state index in [1.54, 1.807) is 36.4 Å². The van der Waals surface area contributed by atoms with Gasteiger partial charge in [0.05, 0.1) is 17.7 Å². The molecule has 10 heteroatoms. The van der Waals surface area contributed by atoms with Gasteiger partial charge in [0.15, 0.2) is 0 Å². The van der Waals surface area contributed by atoms with Gasteiger partial charge in [0.25, 0.3) is 5.91 Å². The molecule has 1 amide bonds. The number of aliphatic hydroxyl groups excluding tert-OH is 1. The van der Waals surface area contributed by atoms with Crippen LogP contribution < -0.4 is 15.5 Å². The predicted molar refractivity (Wildman–Crippen MR) is 143 cm³/mol. The molecule has 1 saturated carbocycles. The number of nitrogens with one attached hydrogen (secondary N) is 2. The number of aromatic nitrogens is 1. The van der Waals surface area contributed by atoms with Crippen molar-refractivity contribution < 1.29 is 23.1 Å². The Morgan fingerprint density at radius 1 is 1.08 bits per heavy atom. The average molecular weight is 537 g/mol. The molecule has 37 heavy (non-hydrogen) atoms. The van der Waals surface area contributed by atoms with E-state index < -0.39 is 16.5 Å². The molecular weight excluding hydrogens is 501 g/mol. The molecule has 1 aromatic heterocycles. The van der Waals surface area contributed by atoms with E-state index >= 15 is 0 Å². The van der Waals surface area contributed by atoms with Crippen molar-refractivity contribution in [3.05, 3.63) is 42.0 Å². The van der Waals surface area contributed by atoms with Crippen LogP contribution in [0.3, 0.4) is 0 Å². The summed E-state index contributed by atoms with van der Waals surface area (Å²) in [7, 11) is 0. The summed E-state index contributed by atoms with van der Waals surface area (Å²) in [6.45, 7) is 7.52. The van der Waals surface area contributed by atoms with Crippen molar-refractivity contribution in [2.75, 3.05) is 35.2 Å². The molecule has 2 fully saturated rings. The summed E-state index contributed by atoms with van der Waals surface area (Å²) in [6, 6.07) is 9.87. The highest BCUT2D eigenvalue weighted by atomic mass is 32.2. The fraction of sp³-hybridized carbons (Fsp3) is 0.556. The fourth-order valence-electron chi connectivity index (χ4n) is 4.38. The minimum absolute atomic E-state index is 0.0853. The summed E-state index contributed by atoms with van der Waals surface area (Å²) in [5.41, 5.74) is 0.678. The number of hydrogen-bond donors (Lipinski definition) is 3. The first kappa shape index (κ1) is 27.6. The lowest BCUT2D eigenvalue weighted by Gasteiger charge is -2.34. The molecule has 202 valence electrons. The van der Waals surface area contributed by atoms with Crippen LogP contribution in [-0.4, -0.2) is 52.2 Å². The van der Waals surface area contributed by atoms with Gasteiger partial charge in [-0.05, 0) is 89.1 Å². The second-order valence-electron chi connectivity index (χ2n) is 11.3. The molecule has 2 heterocycles. The zero-order valence-electron chi connectivity index (χ0n) is 21.7. The number of benzene rings is 1. The smallest absolute Gasteiger partial charge is 0.394 e. The van der Waals surface area contributed by atoms with Gasteiger partial charge in [-0.1, -0.05) is 6.07 Å². The van der Waals surface area contributed by atoms with E-state index in [0.717, 1.165) is 39.8 Å². The SMILES string of the molecule is CC(C)(CO)Nc1ccc(C(=O)Nc2cccc(SC(C)(C)C(F)(F)F)c2)c(N2CCC3(CC2)CC3)n1. The maximum absolute atomic E-state index is 13.4. The molecule has 1 spiro atoms. The van der Waals surface area contributed by atoms with Crippen molar-refractivity contribution in [1.82, 2.24) is 4.98 Å². The van der Waals surface area contributed by atoms with E-state index in [2.05, 4.69) is 15.5 Å². The van der Waals surface area contributed by atoms with Crippen LogP contribution in [0.2, 0.25) is 0 Å². The standard InChI is InChI=1S/C27H35F3N4O2S/c1-24(2,17-35)33-21-9-8-20(22(32-21)34-14-12-26(10-11-26)13-15-34)23(36)31-18-6-5-7-19(16-18)37-25(3,4)27(28,29)30/h5-9,16,35H,10-15,17H2,1-4H3,(H,31,36)(H,32,33). The number of nitrogens with zero attached hydrogens (tertiary/aromatic N) is 2. The summed E-state index contributed by atoms with van der Waals surface area (Å²) in [6.07, 6.45) is 0.264. The fourth-order valence-corrected chi connectivity index (χ4v) is 5.42. The second kappa shape index (κ2) is 10.0. The molecule has 2 aliphatic rings. The van der Waals surface area contributed by atoms with Gasteiger partial charge >= 0.3 is 6.18 Å². The van der Waals surface area contributed by atoms with Gasteiger partial charge in [-0.15, -0.1) is 11.8 Å². The van der Waals surface area contributed by atoms with Crippen LogP contribution in [0.4, 0.5) is 30.5 Å². The minimum atomic E-state index is -4.37. The molecule has 2 aromatic rings. The second-order valence-corrected chi connectivity index (χ2v) is 13.0. The predicted octanol–water partition coefficient (Wildman–Crippen LogP) is 6.33. The van der Waals surface area contributed by atoms with E-state index in [1.807, 2.05) is 13.8 Å². The lowest BCUT2D eigenvalue weighted by Crippen LogP contribution is -2.38. The number of thioether (sulfide) groups is 1. The molecule has 6 nitrogen and oxygen atoms in total. The molecule has 1 aliphatic carbocycles. The number of carbonyl (C=O) groups is 1. The lowest BCUT2D eigenvalue weighted by atomic mass is 9.93. The van der Waals surface area contributed by atoms with Crippen LogP contribution >= 0.6 is 11.8 Å². The molecule has 0 radical (unpaired) electrons. The summed E-state index contributed by atoms with van der Waals surface area (Å²) in [5, 5.41) is 15.7. The number of aliphatic hydroxyl groups is 1. The summed E-state index contributed by atoms with van der Waals surface area (Å²) < 4.78 is 38.1. The number of alkyl halides is 3. The van der Waals surface area contributed by atoms with Crippen LogP contribution in [0, 0.1) is 5.41 Å². The number of piperidine rings is 1. The van der Waals surface area contributed by atoms with Crippen molar-refractivity contribution in [2.24, 2.45) is 5.41 Å². The number of anilines is 3. The topological polar surface area (TPSA) is 77.5 Å². The van der Waals surface area contributed by atoms with Gasteiger partial charge in [0, 0.05) is 23.7 Å². The average Bonchev–Trinajstić information content (AvgIpc) is 3.57. The highest BCUT2D eigenvalue weighted by Crippen LogP contribution is 2.54. The van der Waals surface area contributed by atoms with Crippen molar-refractivity contribution in [3.8, 4) is 0 Å². The number of hydrogen-bond acceptors (Lipinski definition) is 6. The molecule has 1 aromatic carbocycles. The van der Waals surface area contributed by atoms with E-state index in [-0.39, 0.29) is 12.5 Å². The number of amides is 1. The van der Waals surface area contributed by atoms with E-state index in [1.165, 1.54) is 12.8 Å². The maximum Gasteiger partial charge on any atom is 0.403 e. The zero-order chi connectivity index (χ0) is 27.1. The number of pyridine rings is 1. The molecule has 1 aliphatic heterocycles. The summed E-state index contributed by atoms with van der Waals surface area (Å²) >= 11 is 0.705. The monoisotopic (exact) mass is 536 g/mol. The number of halogens is 3. The first-order valence-electron chi connectivity index (χ1n) is 12.5. The molecule has 3 N–H and O–H groups in total. The normalized spacial score (nSPS) is 17.6. The van der Waals surface area contributed by atoms with E-state index in [0.29, 0.717) is 45.0 Å². The highest BCUT2D eigenvalue weighted by molar-refractivity contribution is 8.00. The summed E-state index contributed by atoms with van der Waals surface area (Å²) in [4.78, 5) is 20.7. The number of carbonyl (C=O) groups excluding carboxylic acids is 1. The Labute approximate surface area is 220 Å². The summed E-state index contributed by atoms with van der Waals surface area (Å²) in [5.74, 6) is 0.750. The van der Waals surface area contributed by atoms with E-state index in [4.69, 9.17) is 4.98 Å². The first-order chi connectivity index (χ1) is 17.2. The molecule has 0 atom stereocenters. The van der Waals surface area contributed by atoms with Crippen molar-refractivity contribution >= 4 is 35.0 Å². The van der Waals surface area contributed by atoms with Gasteiger partial charge in [-0.2, -0.15) is 13.2 Å². The third kappa shape index (κ3) is 6.52. The molecule has 4 rings (SSSR count). The third-order valence-corrected chi connectivity index (χ3v) is 8.44. The van der Waals surface area contributed by atoms with Crippen molar-refractivity contribution in [3.63, 3.8) is 0 Å². The Bertz CT molecular complexity index is 1140. The van der Waals surface area contributed by atoms with Crippen LogP contribution in [-0.2, 0) is 0 Å². The third-order valence-electron chi connectivity index (χ3n) is 7.21. The lowest BCUT2D eigenvalue weighted by molar-refractivity contribution is -0.150. The minimum Gasteiger partial charge on any atom is -0.394 e. The van der Waals surface area contributed by atoms with Crippen molar-refractivity contribution in [2.45, 2.75) is 74.7 Å². The number of rotatable bonds is 8. The van der Waals surface area contributed by atoms with Crippen LogP contribution in [0.5, 0.6) is 0 Å². The van der Waals surface area contributed by atoms with Crippen LogP contribution in [0.1, 0.15) is 63.7 Å². The first-order valence-corrected chi connectivity index (χ1v) is 13.4. The van der Waals surface area contributed by atoms with Crippen LogP contribution in [0.25, 0.3) is 0 Å². The molecule has 0 unspecified atom stereocenters. The highest BCUT2D eigenvalue weighted by Gasteiger charge is 2.48. The van der Waals surface area contributed by atoms with Gasteiger partial charge < -0.3 is 20.6 Å². The Morgan fingerprint density at radius 2 is 1.76 bits per heavy atom. The van der Waals surface area contributed by atoms with Crippen molar-refractivity contribution in [1.29, 1.82) is 0 Å². The maximum atomic E-state index is 13.4. The Morgan fingerprint density at radius 3 is 2.35 bits per heavy atom. The molecular formula is C27H35F3N4O2S. The van der Waals surface area contributed by atoms with E-state index in [9.17, 15) is 23.1 Å². The van der Waals surface area contributed by atoms with Crippen LogP contribution in [0.15, 0.2) is 41.3 Å². The van der Waals surface area contributed by atoms with Gasteiger partial charge in [0.2, 0.25) is 0 Å². The Balaban J connectivity index is 1.57. The Hall–Kier alpha value is -2.46.